The van der Waals surface area contributed by atoms with Gasteiger partial charge in [0.1, 0.15) is 5.78 Å². The lowest BCUT2D eigenvalue weighted by Gasteiger charge is -2.45. The van der Waals surface area contributed by atoms with E-state index in [-0.39, 0.29) is 5.92 Å². The first-order chi connectivity index (χ1) is 11.5. The summed E-state index contributed by atoms with van der Waals surface area (Å²) in [6.45, 7) is 10.9. The van der Waals surface area contributed by atoms with Crippen LogP contribution in [-0.4, -0.2) is 39.6 Å². The van der Waals surface area contributed by atoms with E-state index in [1.807, 2.05) is 6.20 Å². The molecule has 1 saturated carbocycles. The van der Waals surface area contributed by atoms with E-state index in [2.05, 4.69) is 48.6 Å². The van der Waals surface area contributed by atoms with Gasteiger partial charge in [-0.05, 0) is 43.6 Å². The summed E-state index contributed by atoms with van der Waals surface area (Å²) in [6, 6.07) is 1.19. The third kappa shape index (κ3) is 3.58. The number of carbonyl (C=O) groups is 1. The number of rotatable bonds is 6. The Hall–Kier alpha value is -1.16. The number of piperidine rings is 1. The van der Waals surface area contributed by atoms with Gasteiger partial charge in [-0.1, -0.05) is 27.7 Å². The van der Waals surface area contributed by atoms with E-state index in [4.69, 9.17) is 0 Å². The fourth-order valence-electron chi connectivity index (χ4n) is 4.09. The molecule has 2 fully saturated rings. The molecule has 0 amide bonds. The lowest BCUT2D eigenvalue weighted by molar-refractivity contribution is -0.131. The van der Waals surface area contributed by atoms with Crippen molar-refractivity contribution in [2.75, 3.05) is 13.1 Å². The van der Waals surface area contributed by atoms with E-state index in [9.17, 15) is 4.79 Å². The molecule has 0 aromatic carbocycles. The van der Waals surface area contributed by atoms with Gasteiger partial charge >= 0.3 is 0 Å². The summed E-state index contributed by atoms with van der Waals surface area (Å²) in [5.74, 6) is 1.63. The molecule has 4 nitrogen and oxygen atoms in total. The second-order valence-electron chi connectivity index (χ2n) is 8.21. The van der Waals surface area contributed by atoms with Crippen molar-refractivity contribution in [2.24, 2.45) is 11.8 Å². The van der Waals surface area contributed by atoms with E-state index in [0.29, 0.717) is 29.7 Å². The van der Waals surface area contributed by atoms with Gasteiger partial charge in [-0.2, -0.15) is 5.10 Å². The number of ketones is 1. The second-order valence-corrected chi connectivity index (χ2v) is 8.21. The number of nitrogens with zero attached hydrogens (tertiary/aromatic N) is 3. The Bertz CT molecular complexity index is 551. The Labute approximate surface area is 146 Å². The zero-order valence-corrected chi connectivity index (χ0v) is 15.7. The van der Waals surface area contributed by atoms with Crippen LogP contribution in [0.3, 0.4) is 0 Å². The molecule has 1 aliphatic heterocycles. The summed E-state index contributed by atoms with van der Waals surface area (Å²) in [6.07, 6.45) is 9.77. The van der Waals surface area contributed by atoms with Gasteiger partial charge in [0.15, 0.2) is 0 Å². The average molecular weight is 332 g/mol. The zero-order valence-electron chi connectivity index (χ0n) is 15.7. The Kier molecular flexibility index (Phi) is 5.43. The molecule has 2 heterocycles. The minimum Gasteiger partial charge on any atom is -0.300 e. The molecule has 0 radical (unpaired) electrons. The molecule has 3 rings (SSSR count). The molecule has 1 unspecified atom stereocenters. The fraction of sp³-hybridized carbons (Fsp3) is 0.800. The van der Waals surface area contributed by atoms with Gasteiger partial charge < -0.3 is 4.90 Å². The number of aromatic nitrogens is 2. The van der Waals surface area contributed by atoms with Gasteiger partial charge in [-0.3, -0.25) is 9.48 Å². The van der Waals surface area contributed by atoms with Gasteiger partial charge in [-0.25, -0.2) is 0 Å². The first kappa shape index (κ1) is 17.7. The number of carbonyl (C=O) groups excluding carboxylic acids is 1. The highest BCUT2D eigenvalue weighted by Gasteiger charge is 2.39. The minimum atomic E-state index is 0.247. The van der Waals surface area contributed by atoms with Crippen molar-refractivity contribution in [3.8, 4) is 0 Å². The van der Waals surface area contributed by atoms with Crippen molar-refractivity contribution in [1.82, 2.24) is 14.7 Å². The van der Waals surface area contributed by atoms with Gasteiger partial charge in [-0.15, -0.1) is 0 Å². The molecule has 4 heteroatoms. The molecular weight excluding hydrogens is 298 g/mol. The van der Waals surface area contributed by atoms with Crippen LogP contribution in [0.5, 0.6) is 0 Å². The van der Waals surface area contributed by atoms with Crippen molar-refractivity contribution in [3.63, 3.8) is 0 Å². The molecule has 0 N–H and O–H groups in total. The molecule has 0 bridgehead atoms. The largest absolute Gasteiger partial charge is 0.300 e. The van der Waals surface area contributed by atoms with Crippen LogP contribution in [-0.2, 0) is 4.79 Å². The quantitative estimate of drug-likeness (QED) is 0.789. The molecular formula is C20H33N3O. The highest BCUT2D eigenvalue weighted by atomic mass is 16.1. The highest BCUT2D eigenvalue weighted by molar-refractivity contribution is 5.84. The van der Waals surface area contributed by atoms with Crippen LogP contribution < -0.4 is 0 Å². The summed E-state index contributed by atoms with van der Waals surface area (Å²) >= 11 is 0. The van der Waals surface area contributed by atoms with Crippen LogP contribution in [0.15, 0.2) is 12.4 Å². The third-order valence-corrected chi connectivity index (χ3v) is 6.29. The summed E-state index contributed by atoms with van der Waals surface area (Å²) in [5.41, 5.74) is 1.34. The molecule has 1 aliphatic carbocycles. The molecule has 1 saturated heterocycles. The Morgan fingerprint density at radius 1 is 1.21 bits per heavy atom. The SMILES string of the molecule is CCC(C)C(=O)[C@H]1C[C@@H](N2CCC(n3cc(C(C)C)cn3)CC2)C1. The zero-order chi connectivity index (χ0) is 17.3. The van der Waals surface area contributed by atoms with Crippen LogP contribution in [0, 0.1) is 11.8 Å². The van der Waals surface area contributed by atoms with Gasteiger partial charge in [0, 0.05) is 37.2 Å². The maximum atomic E-state index is 12.2. The maximum Gasteiger partial charge on any atom is 0.138 e. The number of Topliss-reactive ketones (excluding diaryl/α,β-unsaturated/α-hetero) is 1. The molecule has 1 aromatic heterocycles. The van der Waals surface area contributed by atoms with Crippen LogP contribution in [0.4, 0.5) is 0 Å². The van der Waals surface area contributed by atoms with E-state index >= 15 is 0 Å². The minimum absolute atomic E-state index is 0.247. The van der Waals surface area contributed by atoms with E-state index in [1.165, 1.54) is 18.4 Å². The van der Waals surface area contributed by atoms with Crippen molar-refractivity contribution in [1.29, 1.82) is 0 Å². The van der Waals surface area contributed by atoms with Crippen molar-refractivity contribution in [2.45, 2.75) is 77.8 Å². The fourth-order valence-corrected chi connectivity index (χ4v) is 4.09. The van der Waals surface area contributed by atoms with Gasteiger partial charge in [0.25, 0.3) is 0 Å². The third-order valence-electron chi connectivity index (χ3n) is 6.29. The lowest BCUT2D eigenvalue weighted by Crippen LogP contribution is -2.50. The van der Waals surface area contributed by atoms with Crippen LogP contribution in [0.1, 0.15) is 77.3 Å². The molecule has 1 atom stereocenters. The van der Waals surface area contributed by atoms with E-state index in [0.717, 1.165) is 32.4 Å². The molecule has 24 heavy (non-hydrogen) atoms. The number of likely N-dealkylation sites (tertiary alicyclic amines) is 1. The van der Waals surface area contributed by atoms with Crippen molar-refractivity contribution in [3.05, 3.63) is 18.0 Å². The van der Waals surface area contributed by atoms with Crippen molar-refractivity contribution >= 4 is 5.78 Å². The van der Waals surface area contributed by atoms with Gasteiger partial charge in [0.05, 0.1) is 12.2 Å². The van der Waals surface area contributed by atoms with Crippen molar-refractivity contribution < 1.29 is 4.79 Å². The average Bonchev–Trinajstić information content (AvgIpc) is 3.03. The first-order valence-electron chi connectivity index (χ1n) is 9.81. The summed E-state index contributed by atoms with van der Waals surface area (Å²) in [4.78, 5) is 14.9. The maximum absolute atomic E-state index is 12.2. The van der Waals surface area contributed by atoms with Crippen LogP contribution >= 0.6 is 0 Å². The summed E-state index contributed by atoms with van der Waals surface area (Å²) < 4.78 is 2.18. The van der Waals surface area contributed by atoms with Crippen LogP contribution in [0.2, 0.25) is 0 Å². The molecule has 134 valence electrons. The standard InChI is InChI=1S/C20H33N3O/c1-5-15(4)20(24)16-10-19(11-16)22-8-6-18(7-9-22)23-13-17(12-21-23)14(2)3/h12-16,18-19H,5-11H2,1-4H3/t15?,16-,19+. The summed E-state index contributed by atoms with van der Waals surface area (Å²) in [5, 5.41) is 4.58. The van der Waals surface area contributed by atoms with E-state index in [1.54, 1.807) is 0 Å². The highest BCUT2D eigenvalue weighted by Crippen LogP contribution is 2.37. The predicted octanol–water partition coefficient (Wildman–Crippen LogP) is 4.04. The topological polar surface area (TPSA) is 38.1 Å². The Morgan fingerprint density at radius 2 is 1.88 bits per heavy atom. The van der Waals surface area contributed by atoms with Crippen LogP contribution in [0.25, 0.3) is 0 Å². The number of hydrogen-bond donors (Lipinski definition) is 0. The smallest absolute Gasteiger partial charge is 0.138 e. The Morgan fingerprint density at radius 3 is 2.42 bits per heavy atom. The number of hydrogen-bond acceptors (Lipinski definition) is 3. The van der Waals surface area contributed by atoms with E-state index < -0.39 is 0 Å². The summed E-state index contributed by atoms with van der Waals surface area (Å²) in [7, 11) is 0. The normalized spacial score (nSPS) is 27.2. The molecule has 0 spiro atoms. The lowest BCUT2D eigenvalue weighted by atomic mass is 9.73. The Balaban J connectivity index is 1.45. The predicted molar refractivity (Wildman–Crippen MR) is 97.1 cm³/mol. The van der Waals surface area contributed by atoms with Gasteiger partial charge in [0.2, 0.25) is 0 Å². The monoisotopic (exact) mass is 331 g/mol. The second kappa shape index (κ2) is 7.38. The molecule has 1 aromatic rings. The molecule has 2 aliphatic rings. The first-order valence-corrected chi connectivity index (χ1v) is 9.81.